The van der Waals surface area contributed by atoms with Crippen molar-refractivity contribution in [1.29, 1.82) is 0 Å². The number of hydrogen-bond donors (Lipinski definition) is 0. The number of carbonyl (C=O) groups excluding carboxylic acids is 2. The second kappa shape index (κ2) is 8.51. The summed E-state index contributed by atoms with van der Waals surface area (Å²) < 4.78 is 9.73. The highest BCUT2D eigenvalue weighted by Crippen LogP contribution is 2.60. The predicted octanol–water partition coefficient (Wildman–Crippen LogP) is 3.75. The molecule has 0 aromatic heterocycles. The fraction of sp³-hybridized carbons (Fsp3) is 0.789. The fourth-order valence-corrected chi connectivity index (χ4v) is 4.79. The Morgan fingerprint density at radius 3 is 2.09 bits per heavy atom. The lowest BCUT2D eigenvalue weighted by atomic mass is 9.82. The summed E-state index contributed by atoms with van der Waals surface area (Å²) in [5.74, 6) is 4.19. The Kier molecular flexibility index (Phi) is 6.67. The normalized spacial score (nSPS) is 33.4. The van der Waals surface area contributed by atoms with Crippen LogP contribution in [0.4, 0.5) is 0 Å². The van der Waals surface area contributed by atoms with E-state index < -0.39 is 0 Å². The summed E-state index contributed by atoms with van der Waals surface area (Å²) in [6, 6.07) is 0. The molecular formula is C19H30O4. The molecule has 4 heteroatoms. The van der Waals surface area contributed by atoms with Crippen molar-refractivity contribution < 1.29 is 19.1 Å². The average molecular weight is 322 g/mol. The zero-order valence-electron chi connectivity index (χ0n) is 14.5. The van der Waals surface area contributed by atoms with Crippen LogP contribution in [-0.4, -0.2) is 25.2 Å². The number of ether oxygens (including phenoxy) is 2. The van der Waals surface area contributed by atoms with Crippen molar-refractivity contribution in [2.24, 2.45) is 29.6 Å². The van der Waals surface area contributed by atoms with Crippen molar-refractivity contribution in [3.63, 3.8) is 0 Å². The molecular weight excluding hydrogens is 292 g/mol. The molecule has 0 saturated heterocycles. The molecule has 3 fully saturated rings. The molecule has 2 bridgehead atoms. The molecule has 130 valence electrons. The van der Waals surface area contributed by atoms with Crippen molar-refractivity contribution in [1.82, 2.24) is 0 Å². The van der Waals surface area contributed by atoms with Gasteiger partial charge in [-0.3, -0.25) is 4.79 Å². The lowest BCUT2D eigenvalue weighted by molar-refractivity contribution is -0.142. The molecule has 4 unspecified atom stereocenters. The van der Waals surface area contributed by atoms with Gasteiger partial charge in [-0.1, -0.05) is 13.5 Å². The van der Waals surface area contributed by atoms with E-state index in [4.69, 9.17) is 4.74 Å². The Hall–Kier alpha value is -1.32. The molecule has 0 aliphatic heterocycles. The summed E-state index contributed by atoms with van der Waals surface area (Å²) in [7, 11) is 0. The van der Waals surface area contributed by atoms with E-state index in [9.17, 15) is 9.59 Å². The third kappa shape index (κ3) is 4.58. The quantitative estimate of drug-likeness (QED) is 0.571. The Labute approximate surface area is 139 Å². The topological polar surface area (TPSA) is 52.6 Å². The maximum Gasteiger partial charge on any atom is 0.330 e. The molecule has 0 spiro atoms. The average Bonchev–Trinajstić information content (AvgIpc) is 3.25. The van der Waals surface area contributed by atoms with E-state index >= 15 is 0 Å². The van der Waals surface area contributed by atoms with E-state index in [-0.39, 0.29) is 11.9 Å². The third-order valence-corrected chi connectivity index (χ3v) is 5.71. The summed E-state index contributed by atoms with van der Waals surface area (Å²) in [5, 5.41) is 0. The molecule has 4 atom stereocenters. The zero-order valence-corrected chi connectivity index (χ0v) is 14.5. The van der Waals surface area contributed by atoms with Gasteiger partial charge in [0.25, 0.3) is 0 Å². The highest BCUT2D eigenvalue weighted by molar-refractivity contribution is 5.81. The fourth-order valence-electron chi connectivity index (χ4n) is 4.79. The van der Waals surface area contributed by atoms with Gasteiger partial charge >= 0.3 is 11.9 Å². The highest BCUT2D eigenvalue weighted by atomic mass is 16.5. The number of rotatable bonds is 5. The smallest absolute Gasteiger partial charge is 0.330 e. The van der Waals surface area contributed by atoms with Gasteiger partial charge in [0.05, 0.1) is 13.2 Å². The van der Waals surface area contributed by atoms with Crippen molar-refractivity contribution >= 4 is 11.9 Å². The molecule has 0 aromatic carbocycles. The molecule has 3 saturated carbocycles. The highest BCUT2D eigenvalue weighted by Gasteiger charge is 2.51. The first kappa shape index (κ1) is 18.0. The SMILES string of the molecule is C=CC(=O)OCC1CC2C3CCC(C3)C2C1.CCOC(=O)CC. The molecule has 3 aliphatic rings. The lowest BCUT2D eigenvalue weighted by Crippen LogP contribution is -2.15. The van der Waals surface area contributed by atoms with Gasteiger partial charge in [-0.2, -0.15) is 0 Å². The van der Waals surface area contributed by atoms with Gasteiger partial charge in [-0.25, -0.2) is 4.79 Å². The first-order valence-electron chi connectivity index (χ1n) is 9.03. The van der Waals surface area contributed by atoms with E-state index in [1.807, 2.05) is 0 Å². The summed E-state index contributed by atoms with van der Waals surface area (Å²) in [6.07, 6.45) is 8.77. The van der Waals surface area contributed by atoms with Crippen LogP contribution in [0.5, 0.6) is 0 Å². The summed E-state index contributed by atoms with van der Waals surface area (Å²) in [5.41, 5.74) is 0. The van der Waals surface area contributed by atoms with E-state index in [0.29, 0.717) is 25.6 Å². The van der Waals surface area contributed by atoms with Crippen LogP contribution in [0.2, 0.25) is 0 Å². The summed E-state index contributed by atoms with van der Waals surface area (Å²) in [6.45, 7) is 8.11. The number of hydrogen-bond acceptors (Lipinski definition) is 4. The molecule has 0 radical (unpaired) electrons. The van der Waals surface area contributed by atoms with Crippen LogP contribution in [-0.2, 0) is 19.1 Å². The number of esters is 2. The van der Waals surface area contributed by atoms with Gasteiger partial charge in [-0.15, -0.1) is 0 Å². The standard InChI is InChI=1S/C14H20O2.C5H10O2/c1-2-14(15)16-8-9-5-12-10-3-4-11(7-10)13(12)6-9;1-3-5(6)7-4-2/h2,9-13H,1,3-8H2;3-4H2,1-2H3. The van der Waals surface area contributed by atoms with Gasteiger partial charge in [0.15, 0.2) is 0 Å². The Morgan fingerprint density at radius 2 is 1.65 bits per heavy atom. The Balaban J connectivity index is 0.000000236. The van der Waals surface area contributed by atoms with Gasteiger partial charge in [-0.05, 0) is 68.6 Å². The molecule has 3 rings (SSSR count). The molecule has 0 aromatic rings. The van der Waals surface area contributed by atoms with Crippen molar-refractivity contribution in [2.45, 2.75) is 52.4 Å². The largest absolute Gasteiger partial charge is 0.466 e. The molecule has 0 heterocycles. The first-order valence-corrected chi connectivity index (χ1v) is 9.03. The van der Waals surface area contributed by atoms with Gasteiger partial charge in [0, 0.05) is 12.5 Å². The van der Waals surface area contributed by atoms with E-state index in [0.717, 1.165) is 23.7 Å². The van der Waals surface area contributed by atoms with Crippen molar-refractivity contribution in [3.05, 3.63) is 12.7 Å². The monoisotopic (exact) mass is 322 g/mol. The number of fused-ring (bicyclic) bond motifs is 5. The van der Waals surface area contributed by atoms with Crippen molar-refractivity contribution in [2.75, 3.05) is 13.2 Å². The molecule has 0 amide bonds. The van der Waals surface area contributed by atoms with E-state index in [1.54, 1.807) is 13.8 Å². The summed E-state index contributed by atoms with van der Waals surface area (Å²) in [4.78, 5) is 21.2. The van der Waals surface area contributed by atoms with Crippen molar-refractivity contribution in [3.8, 4) is 0 Å². The molecule has 3 aliphatic carbocycles. The van der Waals surface area contributed by atoms with E-state index in [2.05, 4.69) is 11.3 Å². The predicted molar refractivity (Wildman–Crippen MR) is 88.6 cm³/mol. The van der Waals surface area contributed by atoms with Crippen LogP contribution in [0, 0.1) is 29.6 Å². The van der Waals surface area contributed by atoms with Gasteiger partial charge < -0.3 is 9.47 Å². The maximum absolute atomic E-state index is 11.0. The van der Waals surface area contributed by atoms with Crippen LogP contribution in [0.3, 0.4) is 0 Å². The Morgan fingerprint density at radius 1 is 1.04 bits per heavy atom. The van der Waals surface area contributed by atoms with Gasteiger partial charge in [0.1, 0.15) is 0 Å². The van der Waals surface area contributed by atoms with Crippen LogP contribution in [0.25, 0.3) is 0 Å². The minimum atomic E-state index is -0.264. The maximum atomic E-state index is 11.0. The first-order chi connectivity index (χ1) is 11.1. The molecule has 0 N–H and O–H groups in total. The van der Waals surface area contributed by atoms with E-state index in [1.165, 1.54) is 38.2 Å². The zero-order chi connectivity index (χ0) is 16.8. The second-order valence-corrected chi connectivity index (χ2v) is 6.99. The van der Waals surface area contributed by atoms with Gasteiger partial charge in [0.2, 0.25) is 0 Å². The minimum absolute atomic E-state index is 0.123. The summed E-state index contributed by atoms with van der Waals surface area (Å²) >= 11 is 0. The molecule has 23 heavy (non-hydrogen) atoms. The molecule has 4 nitrogen and oxygen atoms in total. The lowest BCUT2D eigenvalue weighted by Gasteiger charge is -2.23. The third-order valence-electron chi connectivity index (χ3n) is 5.71. The second-order valence-electron chi connectivity index (χ2n) is 6.99. The van der Waals surface area contributed by atoms with Crippen LogP contribution in [0.15, 0.2) is 12.7 Å². The van der Waals surface area contributed by atoms with Crippen LogP contribution in [0.1, 0.15) is 52.4 Å². The Bertz CT molecular complexity index is 413. The number of carbonyl (C=O) groups is 2. The minimum Gasteiger partial charge on any atom is -0.466 e. The van der Waals surface area contributed by atoms with Crippen LogP contribution >= 0.6 is 0 Å². The van der Waals surface area contributed by atoms with Crippen LogP contribution < -0.4 is 0 Å².